The normalized spacial score (nSPS) is 10.1. The Labute approximate surface area is 119 Å². The second-order valence-electron chi connectivity index (χ2n) is 2.88. The van der Waals surface area contributed by atoms with Crippen LogP contribution >= 0.6 is 46.3 Å². The number of aromatic amines is 1. The zero-order valence-electron chi connectivity index (χ0n) is 9.17. The maximum absolute atomic E-state index is 11.6. The van der Waals surface area contributed by atoms with Gasteiger partial charge in [-0.2, -0.15) is 0 Å². The Morgan fingerprint density at radius 3 is 2.69 bits per heavy atom. The zero-order chi connectivity index (χ0) is 12.3. The third-order valence-electron chi connectivity index (χ3n) is 2.00. The number of hydrogen-bond acceptors (Lipinski definition) is 2. The summed E-state index contributed by atoms with van der Waals surface area (Å²) >= 11 is 5.58. The number of pyridine rings is 1. The van der Waals surface area contributed by atoms with Crippen molar-refractivity contribution in [2.45, 2.75) is 20.8 Å². The molecule has 1 N–H and O–H groups in total. The molecule has 0 atom stereocenters. The summed E-state index contributed by atoms with van der Waals surface area (Å²) in [6.45, 7) is 5.98. The van der Waals surface area contributed by atoms with Crippen LogP contribution in [0.4, 0.5) is 0 Å². The minimum absolute atomic E-state index is 0.0551. The van der Waals surface area contributed by atoms with Crippen molar-refractivity contribution in [1.29, 1.82) is 0 Å². The lowest BCUT2D eigenvalue weighted by Crippen LogP contribution is -2.07. The van der Waals surface area contributed by atoms with E-state index in [1.54, 1.807) is 6.20 Å². The van der Waals surface area contributed by atoms with Crippen LogP contribution in [0.25, 0.3) is 10.9 Å². The molecule has 6 heteroatoms. The Morgan fingerprint density at radius 2 is 2.12 bits per heavy atom. The highest BCUT2D eigenvalue weighted by atomic mass is 127. The van der Waals surface area contributed by atoms with Gasteiger partial charge < -0.3 is 4.98 Å². The molecule has 0 saturated carbocycles. The molecule has 0 fully saturated rings. The Balaban J connectivity index is 0.000000606. The second kappa shape index (κ2) is 6.11. The molecule has 2 aromatic heterocycles. The molecule has 16 heavy (non-hydrogen) atoms. The first-order valence-electron chi connectivity index (χ1n) is 4.83. The molecule has 0 aliphatic carbocycles. The Kier molecular flexibility index (Phi) is 5.39. The summed E-state index contributed by atoms with van der Waals surface area (Å²) in [5.41, 5.74) is 1.72. The molecule has 0 aliphatic heterocycles. The van der Waals surface area contributed by atoms with Gasteiger partial charge in [0.1, 0.15) is 5.52 Å². The quantitative estimate of drug-likeness (QED) is 0.707. The van der Waals surface area contributed by atoms with E-state index in [4.69, 9.17) is 0 Å². The van der Waals surface area contributed by atoms with Gasteiger partial charge in [-0.3, -0.25) is 8.77 Å². The fourth-order valence-electron chi connectivity index (χ4n) is 1.38. The summed E-state index contributed by atoms with van der Waals surface area (Å²) in [5, 5.41) is 0.954. The van der Waals surface area contributed by atoms with E-state index in [0.29, 0.717) is 5.52 Å². The van der Waals surface area contributed by atoms with Crippen molar-refractivity contribution in [2.24, 2.45) is 0 Å². The van der Waals surface area contributed by atoms with E-state index in [1.807, 2.05) is 30.8 Å². The number of nitrogens with one attached hydrogen (secondary N) is 1. The van der Waals surface area contributed by atoms with Crippen LogP contribution in [0.15, 0.2) is 21.5 Å². The van der Waals surface area contributed by atoms with Gasteiger partial charge in [0.25, 0.3) is 5.56 Å². The molecule has 2 aromatic rings. The van der Waals surface area contributed by atoms with Gasteiger partial charge in [-0.05, 0) is 28.9 Å². The SMILES string of the molecule is CC.Cc1cc2c(Br)c[nH]c(=O)c2n1SI. The fourth-order valence-corrected chi connectivity index (χ4v) is 3.73. The molecule has 0 saturated heterocycles. The van der Waals surface area contributed by atoms with Crippen molar-refractivity contribution in [3.63, 3.8) is 0 Å². The molecule has 0 aromatic carbocycles. The second-order valence-corrected chi connectivity index (χ2v) is 5.42. The van der Waals surface area contributed by atoms with Crippen LogP contribution in [0.2, 0.25) is 0 Å². The van der Waals surface area contributed by atoms with Crippen LogP contribution in [0.5, 0.6) is 0 Å². The highest BCUT2D eigenvalue weighted by Crippen LogP contribution is 2.29. The first kappa shape index (κ1) is 14.1. The van der Waals surface area contributed by atoms with Gasteiger partial charge in [0, 0.05) is 52.1 Å². The number of nitrogens with zero attached hydrogens (tertiary/aromatic N) is 1. The predicted octanol–water partition coefficient (Wildman–Crippen LogP) is 4.27. The first-order chi connectivity index (χ1) is 7.65. The maximum atomic E-state index is 11.6. The van der Waals surface area contributed by atoms with Gasteiger partial charge in [0.15, 0.2) is 0 Å². The minimum atomic E-state index is -0.0551. The van der Waals surface area contributed by atoms with E-state index in [9.17, 15) is 4.79 Å². The topological polar surface area (TPSA) is 37.8 Å². The van der Waals surface area contributed by atoms with Crippen LogP contribution in [0, 0.1) is 6.92 Å². The fraction of sp³-hybridized carbons (Fsp3) is 0.300. The zero-order valence-corrected chi connectivity index (χ0v) is 13.7. The minimum Gasteiger partial charge on any atom is -0.326 e. The maximum Gasteiger partial charge on any atom is 0.273 e. The molecule has 3 nitrogen and oxygen atoms in total. The van der Waals surface area contributed by atoms with Crippen LogP contribution in [-0.4, -0.2) is 8.96 Å². The van der Waals surface area contributed by atoms with E-state index >= 15 is 0 Å². The van der Waals surface area contributed by atoms with Crippen molar-refractivity contribution < 1.29 is 0 Å². The van der Waals surface area contributed by atoms with Gasteiger partial charge in [-0.15, -0.1) is 0 Å². The van der Waals surface area contributed by atoms with E-state index in [2.05, 4.69) is 42.1 Å². The molecule has 88 valence electrons. The third kappa shape index (κ3) is 2.48. The predicted molar refractivity (Wildman–Crippen MR) is 83.4 cm³/mol. The third-order valence-corrected chi connectivity index (χ3v) is 4.45. The Hall–Kier alpha value is 0.0500. The molecule has 2 heterocycles. The number of rotatable bonds is 1. The summed E-state index contributed by atoms with van der Waals surface area (Å²) in [7, 11) is 1.50. The number of halogens is 2. The lowest BCUT2D eigenvalue weighted by Gasteiger charge is -1.99. The smallest absolute Gasteiger partial charge is 0.273 e. The average Bonchev–Trinajstić information content (AvgIpc) is 2.64. The lowest BCUT2D eigenvalue weighted by atomic mass is 10.3. The lowest BCUT2D eigenvalue weighted by molar-refractivity contribution is 1.18. The number of aromatic nitrogens is 2. The van der Waals surface area contributed by atoms with Gasteiger partial charge in [-0.25, -0.2) is 0 Å². The molecule has 0 bridgehead atoms. The standard InChI is InChI=1S/C8H6BrIN2OS.C2H6/c1-4-2-5-6(9)3-11-8(13)7(5)12(4)14-10;1-2/h2-3H,1H3,(H,11,13);1-2H3. The molecule has 2 rings (SSSR count). The summed E-state index contributed by atoms with van der Waals surface area (Å²) < 4.78 is 2.83. The first-order valence-corrected chi connectivity index (χ1v) is 8.94. The van der Waals surface area contributed by atoms with Crippen LogP contribution in [-0.2, 0) is 0 Å². The summed E-state index contributed by atoms with van der Waals surface area (Å²) in [6.07, 6.45) is 1.67. The highest BCUT2D eigenvalue weighted by molar-refractivity contribution is 14.2. The molecule has 0 unspecified atom stereocenters. The van der Waals surface area contributed by atoms with Gasteiger partial charge in [0.2, 0.25) is 0 Å². The molecule has 0 amide bonds. The van der Waals surface area contributed by atoms with Gasteiger partial charge in [-0.1, -0.05) is 13.8 Å². The van der Waals surface area contributed by atoms with E-state index < -0.39 is 0 Å². The monoisotopic (exact) mass is 414 g/mol. The van der Waals surface area contributed by atoms with Gasteiger partial charge in [0.05, 0.1) is 0 Å². The number of fused-ring (bicyclic) bond motifs is 1. The molecule has 0 aliphatic rings. The van der Waals surface area contributed by atoms with Crippen LogP contribution < -0.4 is 5.56 Å². The van der Waals surface area contributed by atoms with Crippen molar-refractivity contribution in [3.8, 4) is 0 Å². The summed E-state index contributed by atoms with van der Waals surface area (Å²) in [4.78, 5) is 14.3. The molecule has 0 radical (unpaired) electrons. The molecular weight excluding hydrogens is 403 g/mol. The van der Waals surface area contributed by atoms with Gasteiger partial charge >= 0.3 is 0 Å². The van der Waals surface area contributed by atoms with Crippen LogP contribution in [0.3, 0.4) is 0 Å². The Morgan fingerprint density at radius 1 is 1.50 bits per heavy atom. The number of aryl methyl sites for hydroxylation is 1. The number of hydrogen-bond donors (Lipinski definition) is 1. The average molecular weight is 415 g/mol. The van der Waals surface area contributed by atoms with Crippen molar-refractivity contribution in [3.05, 3.63) is 32.8 Å². The number of H-pyrrole nitrogens is 1. The van der Waals surface area contributed by atoms with Crippen molar-refractivity contribution in [1.82, 2.24) is 8.96 Å². The Bertz CT molecular complexity index is 549. The summed E-state index contributed by atoms with van der Waals surface area (Å²) in [6, 6.07) is 2.00. The summed E-state index contributed by atoms with van der Waals surface area (Å²) in [5.74, 6) is 0. The van der Waals surface area contributed by atoms with E-state index in [-0.39, 0.29) is 5.56 Å². The van der Waals surface area contributed by atoms with E-state index in [1.165, 1.54) is 9.12 Å². The molecule has 0 spiro atoms. The van der Waals surface area contributed by atoms with Crippen molar-refractivity contribution >= 4 is 57.2 Å². The highest BCUT2D eigenvalue weighted by Gasteiger charge is 2.11. The van der Waals surface area contributed by atoms with Crippen molar-refractivity contribution in [2.75, 3.05) is 0 Å². The largest absolute Gasteiger partial charge is 0.326 e. The van der Waals surface area contributed by atoms with Crippen LogP contribution in [0.1, 0.15) is 19.5 Å². The van der Waals surface area contributed by atoms with E-state index in [0.717, 1.165) is 15.6 Å². The molecular formula is C10H12BrIN2OS.